The zero-order chi connectivity index (χ0) is 30.2. The molecule has 1 amide bonds. The van der Waals surface area contributed by atoms with Gasteiger partial charge in [0.25, 0.3) is 5.91 Å². The van der Waals surface area contributed by atoms with Crippen molar-refractivity contribution in [2.75, 3.05) is 6.61 Å². The number of ether oxygens (including phenoxy) is 2. The van der Waals surface area contributed by atoms with E-state index in [0.29, 0.717) is 27.7 Å². The summed E-state index contributed by atoms with van der Waals surface area (Å²) in [6, 6.07) is 19.6. The molecule has 0 bridgehead atoms. The number of nitrogens with zero attached hydrogens (tertiary/aromatic N) is 1. The van der Waals surface area contributed by atoms with Gasteiger partial charge < -0.3 is 20.2 Å². The summed E-state index contributed by atoms with van der Waals surface area (Å²) >= 11 is 0. The van der Waals surface area contributed by atoms with Gasteiger partial charge in [-0.1, -0.05) is 44.2 Å². The van der Waals surface area contributed by atoms with Crippen LogP contribution in [0.1, 0.15) is 65.2 Å². The van der Waals surface area contributed by atoms with E-state index in [1.165, 1.54) is 35.4 Å². The Hall–Kier alpha value is -4.76. The molecule has 3 N–H and O–H groups in total. The molecule has 1 aliphatic heterocycles. The molecule has 0 saturated heterocycles. The van der Waals surface area contributed by atoms with Crippen LogP contribution in [0.2, 0.25) is 0 Å². The number of fused-ring (bicyclic) bond motifs is 3. The molecule has 1 aliphatic rings. The van der Waals surface area contributed by atoms with E-state index in [2.05, 4.69) is 4.98 Å². The van der Waals surface area contributed by atoms with Gasteiger partial charge in [-0.2, -0.15) is 0 Å². The number of nitrogens with one attached hydrogen (secondary N) is 1. The second-order valence-electron chi connectivity index (χ2n) is 10.9. The minimum atomic E-state index is -1.40. The molecule has 0 fully saturated rings. The SMILES string of the molecule is CCOC(=O)C1=CN(C(=O)c2ccc(F)cc2)C(C)(N)C(C)(C)c2c1[nH]c1ccc(C(=O)OCc3ccccc3)cc21. The summed E-state index contributed by atoms with van der Waals surface area (Å²) < 4.78 is 24.6. The van der Waals surface area contributed by atoms with Gasteiger partial charge in [-0.3, -0.25) is 9.69 Å². The monoisotopic (exact) mass is 569 g/mol. The van der Waals surface area contributed by atoms with E-state index in [1.807, 2.05) is 44.2 Å². The van der Waals surface area contributed by atoms with Crippen LogP contribution in [0.5, 0.6) is 0 Å². The third-order valence-corrected chi connectivity index (χ3v) is 7.97. The number of aromatic amines is 1. The summed E-state index contributed by atoms with van der Waals surface area (Å²) in [5.74, 6) is -2.17. The number of halogens is 1. The third kappa shape index (κ3) is 4.96. The van der Waals surface area contributed by atoms with Crippen LogP contribution in [-0.4, -0.2) is 40.0 Å². The van der Waals surface area contributed by atoms with Crippen LogP contribution < -0.4 is 5.73 Å². The number of hydrogen-bond acceptors (Lipinski definition) is 6. The van der Waals surface area contributed by atoms with E-state index in [0.717, 1.165) is 5.56 Å². The van der Waals surface area contributed by atoms with Crippen molar-refractivity contribution in [2.24, 2.45) is 5.73 Å². The zero-order valence-corrected chi connectivity index (χ0v) is 23.9. The van der Waals surface area contributed by atoms with E-state index >= 15 is 0 Å². The van der Waals surface area contributed by atoms with Gasteiger partial charge in [-0.15, -0.1) is 0 Å². The number of amides is 1. The molecule has 1 atom stereocenters. The normalized spacial score (nSPS) is 17.7. The number of benzene rings is 3. The first-order valence-electron chi connectivity index (χ1n) is 13.6. The summed E-state index contributed by atoms with van der Waals surface area (Å²) in [4.78, 5) is 44.8. The van der Waals surface area contributed by atoms with Gasteiger partial charge in [0.05, 0.1) is 23.4 Å². The highest BCUT2D eigenvalue weighted by atomic mass is 19.1. The molecule has 8 nitrogen and oxygen atoms in total. The molecule has 0 aliphatic carbocycles. The number of carbonyl (C=O) groups excluding carboxylic acids is 3. The van der Waals surface area contributed by atoms with Crippen molar-refractivity contribution in [1.29, 1.82) is 0 Å². The molecule has 2 heterocycles. The van der Waals surface area contributed by atoms with Gasteiger partial charge in [0, 0.05) is 28.1 Å². The fourth-order valence-electron chi connectivity index (χ4n) is 5.22. The second kappa shape index (κ2) is 10.9. The van der Waals surface area contributed by atoms with E-state index in [-0.39, 0.29) is 24.4 Å². The van der Waals surface area contributed by atoms with Crippen LogP contribution in [0, 0.1) is 5.82 Å². The van der Waals surface area contributed by atoms with E-state index in [4.69, 9.17) is 15.2 Å². The van der Waals surface area contributed by atoms with Crippen molar-refractivity contribution >= 4 is 34.3 Å². The lowest BCUT2D eigenvalue weighted by Crippen LogP contribution is -2.64. The minimum Gasteiger partial charge on any atom is -0.462 e. The van der Waals surface area contributed by atoms with Crippen LogP contribution in [0.3, 0.4) is 0 Å². The lowest BCUT2D eigenvalue weighted by Gasteiger charge is -2.46. The van der Waals surface area contributed by atoms with Gasteiger partial charge in [0.15, 0.2) is 0 Å². The van der Waals surface area contributed by atoms with E-state index in [1.54, 1.807) is 32.0 Å². The van der Waals surface area contributed by atoms with Crippen molar-refractivity contribution in [3.63, 3.8) is 0 Å². The number of hydrogen-bond donors (Lipinski definition) is 2. The molecular formula is C33H32FN3O5. The molecule has 1 aromatic heterocycles. The molecule has 0 saturated carbocycles. The van der Waals surface area contributed by atoms with Crippen molar-refractivity contribution in [3.05, 3.63) is 113 Å². The first-order valence-corrected chi connectivity index (χ1v) is 13.6. The predicted octanol–water partition coefficient (Wildman–Crippen LogP) is 5.68. The molecule has 1 unspecified atom stereocenters. The Morgan fingerprint density at radius 1 is 0.905 bits per heavy atom. The van der Waals surface area contributed by atoms with E-state index < -0.39 is 34.7 Å². The number of carbonyl (C=O) groups is 3. The highest BCUT2D eigenvalue weighted by Crippen LogP contribution is 2.47. The summed E-state index contributed by atoms with van der Waals surface area (Å²) in [5, 5.41) is 0.645. The number of H-pyrrole nitrogens is 1. The molecule has 0 spiro atoms. The summed E-state index contributed by atoms with van der Waals surface area (Å²) in [5.41, 5.74) is 7.80. The molecule has 4 aromatic rings. The number of nitrogens with two attached hydrogens (primary N) is 1. The van der Waals surface area contributed by atoms with Gasteiger partial charge in [-0.25, -0.2) is 14.0 Å². The Labute approximate surface area is 242 Å². The Morgan fingerprint density at radius 3 is 2.24 bits per heavy atom. The van der Waals surface area contributed by atoms with Crippen molar-refractivity contribution < 1.29 is 28.2 Å². The minimum absolute atomic E-state index is 0.0916. The lowest BCUT2D eigenvalue weighted by atomic mass is 9.72. The van der Waals surface area contributed by atoms with Crippen molar-refractivity contribution in [3.8, 4) is 0 Å². The Morgan fingerprint density at radius 2 is 1.57 bits per heavy atom. The smallest absolute Gasteiger partial charge is 0.341 e. The molecule has 42 heavy (non-hydrogen) atoms. The molecule has 3 aromatic carbocycles. The fraction of sp³-hybridized carbons (Fsp3) is 0.242. The van der Waals surface area contributed by atoms with Crippen LogP contribution in [-0.2, 0) is 26.3 Å². The summed E-state index contributed by atoms with van der Waals surface area (Å²) in [7, 11) is 0. The number of rotatable bonds is 6. The average molecular weight is 570 g/mol. The summed E-state index contributed by atoms with van der Waals surface area (Å²) in [6.07, 6.45) is 1.39. The lowest BCUT2D eigenvalue weighted by molar-refractivity contribution is -0.136. The van der Waals surface area contributed by atoms with Gasteiger partial charge >= 0.3 is 11.9 Å². The standard InChI is InChI=1S/C33H32FN3O5/c1-5-41-31(40)25-18-37(29(38)21-11-14-23(34)15-12-21)33(4,35)32(2,3)27-24-17-22(13-16-26(24)36-28(25)27)30(39)42-19-20-9-7-6-8-10-20/h6-18,36H,5,19,35H2,1-4H3. The van der Waals surface area contributed by atoms with Gasteiger partial charge in [-0.05, 0) is 67.4 Å². The summed E-state index contributed by atoms with van der Waals surface area (Å²) in [6.45, 7) is 7.34. The maximum Gasteiger partial charge on any atom is 0.341 e. The van der Waals surface area contributed by atoms with Crippen LogP contribution in [0.25, 0.3) is 16.5 Å². The van der Waals surface area contributed by atoms with Crippen LogP contribution >= 0.6 is 0 Å². The Kier molecular flexibility index (Phi) is 7.47. The second-order valence-corrected chi connectivity index (χ2v) is 10.9. The predicted molar refractivity (Wildman–Crippen MR) is 157 cm³/mol. The highest BCUT2D eigenvalue weighted by molar-refractivity contribution is 6.19. The topological polar surface area (TPSA) is 115 Å². The maximum absolute atomic E-state index is 13.8. The zero-order valence-electron chi connectivity index (χ0n) is 23.9. The Balaban J connectivity index is 1.64. The van der Waals surface area contributed by atoms with Crippen molar-refractivity contribution in [2.45, 2.75) is 45.4 Å². The van der Waals surface area contributed by atoms with Gasteiger partial charge in [0.2, 0.25) is 0 Å². The van der Waals surface area contributed by atoms with E-state index in [9.17, 15) is 18.8 Å². The Bertz CT molecular complexity index is 1710. The van der Waals surface area contributed by atoms with Crippen LogP contribution in [0.4, 0.5) is 4.39 Å². The molecule has 216 valence electrons. The van der Waals surface area contributed by atoms with Crippen molar-refractivity contribution in [1.82, 2.24) is 9.88 Å². The molecule has 9 heteroatoms. The molecule has 5 rings (SSSR count). The fourth-order valence-corrected chi connectivity index (χ4v) is 5.22. The first kappa shape index (κ1) is 28.8. The number of aromatic nitrogens is 1. The molecular weight excluding hydrogens is 537 g/mol. The number of esters is 2. The highest BCUT2D eigenvalue weighted by Gasteiger charge is 2.50. The van der Waals surface area contributed by atoms with Gasteiger partial charge in [0.1, 0.15) is 18.1 Å². The largest absolute Gasteiger partial charge is 0.462 e. The third-order valence-electron chi connectivity index (χ3n) is 7.97. The molecule has 0 radical (unpaired) electrons. The average Bonchev–Trinajstić information content (AvgIpc) is 3.33. The quantitative estimate of drug-likeness (QED) is 0.289. The van der Waals surface area contributed by atoms with Crippen LogP contribution in [0.15, 0.2) is 79.0 Å². The first-order chi connectivity index (χ1) is 20.0. The maximum atomic E-state index is 13.8.